The van der Waals surface area contributed by atoms with Crippen molar-refractivity contribution < 1.29 is 18.7 Å². The minimum Gasteiger partial charge on any atom is -0.497 e. The lowest BCUT2D eigenvalue weighted by molar-refractivity contribution is -0.123. The summed E-state index contributed by atoms with van der Waals surface area (Å²) in [6.07, 6.45) is 3.47. The molecule has 6 nitrogen and oxygen atoms in total. The van der Waals surface area contributed by atoms with Crippen LogP contribution in [0, 0.1) is 5.82 Å². The third-order valence-corrected chi connectivity index (χ3v) is 7.26. The molecule has 2 unspecified atom stereocenters. The number of nitrogens with zero attached hydrogens (tertiary/aromatic N) is 2. The van der Waals surface area contributed by atoms with Gasteiger partial charge in [0.1, 0.15) is 29.5 Å². The van der Waals surface area contributed by atoms with Crippen molar-refractivity contribution in [3.63, 3.8) is 0 Å². The number of ether oxygens (including phenoxy) is 2. The van der Waals surface area contributed by atoms with Gasteiger partial charge in [-0.25, -0.2) is 9.37 Å². The number of carbonyl (C=O) groups excluding carboxylic acids is 1. The molecule has 0 spiro atoms. The summed E-state index contributed by atoms with van der Waals surface area (Å²) >= 11 is 6.24. The molecule has 0 saturated heterocycles. The highest BCUT2D eigenvalue weighted by molar-refractivity contribution is 6.31. The number of imidazole rings is 1. The van der Waals surface area contributed by atoms with E-state index in [0.717, 1.165) is 36.8 Å². The summed E-state index contributed by atoms with van der Waals surface area (Å²) in [5.41, 5.74) is 2.53. The fraction of sp³-hybridized carbons (Fsp3) is 0.310. The number of rotatable bonds is 8. The van der Waals surface area contributed by atoms with Crippen LogP contribution in [0.1, 0.15) is 54.8 Å². The minimum atomic E-state index is -0.797. The Morgan fingerprint density at radius 1 is 1.05 bits per heavy atom. The SMILES string of the molecule is COc1ccc(C(C(=O)NC2CCCC2)n2c(C(OC)c3ccccc3)nc3cc(F)c(Cl)cc32)cc1. The average molecular weight is 522 g/mol. The van der Waals surface area contributed by atoms with Crippen LogP contribution in [-0.4, -0.2) is 35.7 Å². The van der Waals surface area contributed by atoms with Crippen LogP contribution in [0.3, 0.4) is 0 Å². The minimum absolute atomic E-state index is 0.0430. The molecule has 0 aliphatic heterocycles. The molecule has 3 aromatic carbocycles. The molecule has 1 fully saturated rings. The van der Waals surface area contributed by atoms with Crippen molar-refractivity contribution >= 4 is 28.5 Å². The zero-order chi connectivity index (χ0) is 25.9. The highest BCUT2D eigenvalue weighted by atomic mass is 35.5. The van der Waals surface area contributed by atoms with Crippen molar-refractivity contribution in [3.8, 4) is 5.75 Å². The first-order valence-electron chi connectivity index (χ1n) is 12.4. The Bertz CT molecular complexity index is 1390. The van der Waals surface area contributed by atoms with E-state index in [9.17, 15) is 9.18 Å². The Morgan fingerprint density at radius 2 is 1.76 bits per heavy atom. The lowest BCUT2D eigenvalue weighted by Crippen LogP contribution is -2.39. The van der Waals surface area contributed by atoms with Gasteiger partial charge in [0.25, 0.3) is 0 Å². The monoisotopic (exact) mass is 521 g/mol. The normalized spacial score (nSPS) is 15.6. The Morgan fingerprint density at radius 3 is 2.41 bits per heavy atom. The molecule has 37 heavy (non-hydrogen) atoms. The Balaban J connectivity index is 1.73. The van der Waals surface area contributed by atoms with Gasteiger partial charge in [-0.15, -0.1) is 0 Å². The molecular weight excluding hydrogens is 493 g/mol. The van der Waals surface area contributed by atoms with Gasteiger partial charge in [-0.2, -0.15) is 0 Å². The van der Waals surface area contributed by atoms with Crippen molar-refractivity contribution in [1.29, 1.82) is 0 Å². The molecular formula is C29H29ClFN3O3. The topological polar surface area (TPSA) is 65.4 Å². The number of methoxy groups -OCH3 is 2. The number of halogens is 2. The lowest BCUT2D eigenvalue weighted by atomic mass is 10.0. The molecule has 1 amide bonds. The van der Waals surface area contributed by atoms with Crippen LogP contribution in [0.4, 0.5) is 4.39 Å². The second-order valence-corrected chi connectivity index (χ2v) is 9.69. The van der Waals surface area contributed by atoms with Crippen LogP contribution >= 0.6 is 11.6 Å². The number of amides is 1. The summed E-state index contributed by atoms with van der Waals surface area (Å²) in [6, 6.07) is 19.1. The fourth-order valence-electron chi connectivity index (χ4n) is 5.14. The van der Waals surface area contributed by atoms with E-state index < -0.39 is 18.0 Å². The number of nitrogens with one attached hydrogen (secondary N) is 1. The van der Waals surface area contributed by atoms with Gasteiger partial charge in [0, 0.05) is 19.2 Å². The third kappa shape index (κ3) is 5.06. The van der Waals surface area contributed by atoms with Gasteiger partial charge in [-0.1, -0.05) is 66.9 Å². The van der Waals surface area contributed by atoms with Gasteiger partial charge in [0.05, 0.1) is 23.2 Å². The maximum atomic E-state index is 14.5. The molecule has 1 saturated carbocycles. The van der Waals surface area contributed by atoms with E-state index in [1.807, 2.05) is 59.2 Å². The quantitative estimate of drug-likeness (QED) is 0.299. The summed E-state index contributed by atoms with van der Waals surface area (Å²) in [4.78, 5) is 18.8. The maximum Gasteiger partial charge on any atom is 0.247 e. The molecule has 4 aromatic rings. The highest BCUT2D eigenvalue weighted by Crippen LogP contribution is 2.36. The summed E-state index contributed by atoms with van der Waals surface area (Å²) in [6.45, 7) is 0. The van der Waals surface area contributed by atoms with Crippen molar-refractivity contribution in [1.82, 2.24) is 14.9 Å². The fourth-order valence-corrected chi connectivity index (χ4v) is 5.30. The zero-order valence-electron chi connectivity index (χ0n) is 20.8. The third-order valence-electron chi connectivity index (χ3n) is 6.97. The first-order valence-corrected chi connectivity index (χ1v) is 12.8. The predicted octanol–water partition coefficient (Wildman–Crippen LogP) is 6.22. The van der Waals surface area contributed by atoms with Gasteiger partial charge in [0.2, 0.25) is 5.91 Å². The molecule has 1 N–H and O–H groups in total. The molecule has 5 rings (SSSR count). The van der Waals surface area contributed by atoms with Crippen molar-refractivity contribution in [3.05, 3.63) is 94.5 Å². The van der Waals surface area contributed by atoms with Crippen molar-refractivity contribution in [2.75, 3.05) is 14.2 Å². The molecule has 1 heterocycles. The Kier molecular flexibility index (Phi) is 7.44. The number of fused-ring (bicyclic) bond motifs is 1. The van der Waals surface area contributed by atoms with E-state index in [0.29, 0.717) is 22.6 Å². The standard InChI is InChI=1S/C29H29ClFN3O3/c1-36-21-14-12-18(13-15-21)26(29(35)32-20-10-6-7-11-20)34-25-16-22(30)23(31)17-24(25)33-28(34)27(37-2)19-8-4-3-5-9-19/h3-5,8-9,12-17,20,26-27H,6-7,10-11H2,1-2H3,(H,32,35). The van der Waals surface area contributed by atoms with E-state index in [2.05, 4.69) is 5.32 Å². The van der Waals surface area contributed by atoms with Gasteiger partial charge in [0.15, 0.2) is 0 Å². The van der Waals surface area contributed by atoms with Crippen molar-refractivity contribution in [2.24, 2.45) is 0 Å². The number of hydrogen-bond acceptors (Lipinski definition) is 4. The molecule has 1 aromatic heterocycles. The maximum absolute atomic E-state index is 14.5. The van der Waals surface area contributed by atoms with Gasteiger partial charge in [-0.05, 0) is 42.2 Å². The zero-order valence-corrected chi connectivity index (χ0v) is 21.5. The van der Waals surface area contributed by atoms with Crippen LogP contribution in [0.2, 0.25) is 5.02 Å². The molecule has 0 radical (unpaired) electrons. The molecule has 1 aliphatic rings. The van der Waals surface area contributed by atoms with Crippen molar-refractivity contribution in [2.45, 2.75) is 43.9 Å². The predicted molar refractivity (Wildman–Crippen MR) is 142 cm³/mol. The number of aromatic nitrogens is 2. The summed E-state index contributed by atoms with van der Waals surface area (Å²) < 4.78 is 27.6. The van der Waals surface area contributed by atoms with Crippen LogP contribution in [0.5, 0.6) is 5.75 Å². The van der Waals surface area contributed by atoms with E-state index in [-0.39, 0.29) is 17.0 Å². The first kappa shape index (κ1) is 25.2. The smallest absolute Gasteiger partial charge is 0.247 e. The van der Waals surface area contributed by atoms with E-state index in [4.69, 9.17) is 26.1 Å². The van der Waals surface area contributed by atoms with Gasteiger partial charge >= 0.3 is 0 Å². The van der Waals surface area contributed by atoms with Crippen LogP contribution in [-0.2, 0) is 9.53 Å². The van der Waals surface area contributed by atoms with E-state index >= 15 is 0 Å². The second-order valence-electron chi connectivity index (χ2n) is 9.29. The second kappa shape index (κ2) is 10.9. The van der Waals surface area contributed by atoms with Crippen LogP contribution in [0.25, 0.3) is 11.0 Å². The van der Waals surface area contributed by atoms with Crippen LogP contribution < -0.4 is 10.1 Å². The lowest BCUT2D eigenvalue weighted by Gasteiger charge is -2.26. The number of hydrogen-bond donors (Lipinski definition) is 1. The first-order chi connectivity index (χ1) is 18.0. The summed E-state index contributed by atoms with van der Waals surface area (Å²) in [7, 11) is 3.19. The van der Waals surface area contributed by atoms with E-state index in [1.165, 1.54) is 12.1 Å². The Hall–Kier alpha value is -3.42. The van der Waals surface area contributed by atoms with Crippen LogP contribution in [0.15, 0.2) is 66.7 Å². The van der Waals surface area contributed by atoms with E-state index in [1.54, 1.807) is 14.2 Å². The largest absolute Gasteiger partial charge is 0.497 e. The molecule has 192 valence electrons. The molecule has 0 bridgehead atoms. The molecule has 2 atom stereocenters. The van der Waals surface area contributed by atoms with Gasteiger partial charge < -0.3 is 19.4 Å². The highest BCUT2D eigenvalue weighted by Gasteiger charge is 2.33. The summed E-state index contributed by atoms with van der Waals surface area (Å²) in [5, 5.41) is 3.20. The summed E-state index contributed by atoms with van der Waals surface area (Å²) in [5.74, 6) is 0.419. The number of carbonyl (C=O) groups is 1. The molecule has 8 heteroatoms. The van der Waals surface area contributed by atoms with Gasteiger partial charge in [-0.3, -0.25) is 4.79 Å². The molecule has 1 aliphatic carbocycles. The number of benzene rings is 3. The average Bonchev–Trinajstić information content (AvgIpc) is 3.54. The Labute approximate surface area is 220 Å².